The molecule has 2 heterocycles. The van der Waals surface area contributed by atoms with Gasteiger partial charge in [0.05, 0.1) is 4.47 Å². The lowest BCUT2D eigenvalue weighted by Gasteiger charge is -2.25. The fourth-order valence-electron chi connectivity index (χ4n) is 2.71. The second-order valence-corrected chi connectivity index (χ2v) is 9.13. The number of carbonyl (C=O) groups excluding carboxylic acids is 2. The van der Waals surface area contributed by atoms with E-state index < -0.39 is 0 Å². The molecule has 0 saturated heterocycles. The summed E-state index contributed by atoms with van der Waals surface area (Å²) in [4.78, 5) is 30.1. The van der Waals surface area contributed by atoms with Crippen LogP contribution >= 0.6 is 15.9 Å². The van der Waals surface area contributed by atoms with Crippen LogP contribution in [0.15, 0.2) is 64.8 Å². The largest absolute Gasteiger partial charge is 0.445 e. The van der Waals surface area contributed by atoms with Gasteiger partial charge in [-0.2, -0.15) is 0 Å². The highest BCUT2D eigenvalue weighted by Gasteiger charge is 2.20. The highest BCUT2D eigenvalue weighted by molar-refractivity contribution is 9.10. The van der Waals surface area contributed by atoms with Gasteiger partial charge in [-0.15, -0.1) is 11.6 Å². The number of aromatic nitrogens is 1. The summed E-state index contributed by atoms with van der Waals surface area (Å²) in [5.41, 5.74) is 1.96. The number of ether oxygens (including phenoxy) is 1. The molecule has 0 atom stereocenters. The van der Waals surface area contributed by atoms with E-state index in [1.165, 1.54) is 0 Å². The monoisotopic (exact) mass is 487 g/mol. The van der Waals surface area contributed by atoms with E-state index in [9.17, 15) is 9.59 Å². The molecule has 0 spiro atoms. The third-order valence-corrected chi connectivity index (χ3v) is 4.81. The van der Waals surface area contributed by atoms with E-state index in [0.717, 1.165) is 15.6 Å². The molecule has 1 N–H and O–H groups in total. The van der Waals surface area contributed by atoms with Gasteiger partial charge in [0.2, 0.25) is 21.1 Å². The van der Waals surface area contributed by atoms with Crippen molar-refractivity contribution in [2.45, 2.75) is 31.0 Å². The maximum atomic E-state index is 12.2. The summed E-state index contributed by atoms with van der Waals surface area (Å²) in [5, 5.41) is 2.79. The van der Waals surface area contributed by atoms with Crippen molar-refractivity contribution >= 4 is 49.0 Å². The van der Waals surface area contributed by atoms with Gasteiger partial charge in [0.25, 0.3) is 0 Å². The van der Waals surface area contributed by atoms with Crippen molar-refractivity contribution in [3.05, 3.63) is 70.3 Å². The van der Waals surface area contributed by atoms with E-state index in [-0.39, 0.29) is 25.0 Å². The molecule has 0 unspecified atom stereocenters. The Balaban J connectivity index is 0.00000101. The number of hydrogen-bond acceptors (Lipinski definition) is 4. The van der Waals surface area contributed by atoms with Crippen LogP contribution in [0.2, 0.25) is 11.6 Å². The number of carbonyl (C=O) groups is 2. The van der Waals surface area contributed by atoms with E-state index >= 15 is 0 Å². The van der Waals surface area contributed by atoms with Gasteiger partial charge in [0.15, 0.2) is 0 Å². The van der Waals surface area contributed by atoms with E-state index in [1.807, 2.05) is 42.5 Å². The fourth-order valence-corrected chi connectivity index (χ4v) is 3.06. The summed E-state index contributed by atoms with van der Waals surface area (Å²) >= 11 is 3.77. The van der Waals surface area contributed by atoms with Crippen molar-refractivity contribution in [3.8, 4) is 0 Å². The van der Waals surface area contributed by atoms with Gasteiger partial charge in [0, 0.05) is 25.7 Å². The van der Waals surface area contributed by atoms with E-state index in [0.29, 0.717) is 40.5 Å². The first-order valence-corrected chi connectivity index (χ1v) is 13.7. The van der Waals surface area contributed by atoms with Crippen LogP contribution in [-0.2, 0) is 16.1 Å². The molecule has 2 amide bonds. The van der Waals surface area contributed by atoms with Gasteiger partial charge in [-0.05, 0) is 40.0 Å². The molecule has 2 aromatic rings. The molecular formula is C22H27AlBrN3O3. The summed E-state index contributed by atoms with van der Waals surface area (Å²) < 4.78 is 6.08. The zero-order chi connectivity index (χ0) is 21.8. The van der Waals surface area contributed by atoms with Crippen LogP contribution in [0.4, 0.5) is 10.6 Å². The zero-order valence-electron chi connectivity index (χ0n) is 17.4. The predicted molar refractivity (Wildman–Crippen MR) is 125 cm³/mol. The quantitative estimate of drug-likeness (QED) is 0.491. The first kappa shape index (κ1) is 24.1. The molecule has 1 aliphatic heterocycles. The molecule has 3 rings (SSSR count). The number of amides is 2. The van der Waals surface area contributed by atoms with Crippen LogP contribution in [0.25, 0.3) is 0 Å². The Morgan fingerprint density at radius 1 is 1.20 bits per heavy atom. The number of nitrogens with one attached hydrogen (secondary N) is 1. The molecule has 158 valence electrons. The van der Waals surface area contributed by atoms with Crippen LogP contribution in [0, 0.1) is 0 Å². The minimum atomic E-state index is -0.337. The van der Waals surface area contributed by atoms with E-state index in [4.69, 9.17) is 4.74 Å². The smallest absolute Gasteiger partial charge is 0.410 e. The zero-order valence-corrected chi connectivity index (χ0v) is 20.4. The molecule has 0 fully saturated rings. The van der Waals surface area contributed by atoms with Gasteiger partial charge < -0.3 is 15.0 Å². The number of nitrogens with zero attached hydrogens (tertiary/aromatic N) is 2. The molecular weight excluding hydrogens is 461 g/mol. The van der Waals surface area contributed by atoms with Crippen LogP contribution in [0.1, 0.15) is 18.4 Å². The summed E-state index contributed by atoms with van der Waals surface area (Å²) in [7, 11) is 0. The first-order chi connectivity index (χ1) is 14.5. The van der Waals surface area contributed by atoms with E-state index in [1.54, 1.807) is 17.2 Å². The Kier molecular flexibility index (Phi) is 10.6. The molecule has 0 radical (unpaired) electrons. The molecule has 8 heteroatoms. The van der Waals surface area contributed by atoms with Gasteiger partial charge in [0.1, 0.15) is 12.4 Å². The predicted octanol–water partition coefficient (Wildman–Crippen LogP) is 4.66. The molecule has 1 aromatic heterocycles. The number of halogens is 1. The standard InChI is InChI=1S/C20H20BrN3O3.2CH3.Al.H/c21-17-7-4-10-22-19(17)23-18(25)13-15-8-11-24(12-9-15)20(26)27-14-16-5-2-1-3-6-16;;;;/h1-8,10H,9,11-14H2,(H,22,23,25);2*1H3;;. The first-order valence-electron chi connectivity index (χ1n) is 10.1. The third-order valence-electron chi connectivity index (χ3n) is 4.17. The Morgan fingerprint density at radius 3 is 2.57 bits per heavy atom. The fraction of sp³-hybridized carbons (Fsp3) is 0.318. The van der Waals surface area contributed by atoms with Gasteiger partial charge >= 0.3 is 6.09 Å². The van der Waals surface area contributed by atoms with Gasteiger partial charge in [-0.1, -0.05) is 42.0 Å². The van der Waals surface area contributed by atoms with Crippen molar-refractivity contribution in [1.82, 2.24) is 9.88 Å². The molecule has 1 aliphatic rings. The Morgan fingerprint density at radius 2 is 1.93 bits per heavy atom. The van der Waals surface area contributed by atoms with Crippen molar-refractivity contribution in [2.75, 3.05) is 18.4 Å². The normalized spacial score (nSPS) is 12.8. The average Bonchev–Trinajstić information content (AvgIpc) is 2.75. The number of anilines is 1. The maximum Gasteiger partial charge on any atom is 0.410 e. The molecule has 1 aromatic carbocycles. The Hall–Kier alpha value is -2.14. The molecule has 6 nitrogen and oxygen atoms in total. The lowest BCUT2D eigenvalue weighted by molar-refractivity contribution is -0.115. The van der Waals surface area contributed by atoms with Crippen LogP contribution < -0.4 is 5.32 Å². The van der Waals surface area contributed by atoms with Crippen molar-refractivity contribution in [1.29, 1.82) is 0 Å². The van der Waals surface area contributed by atoms with Crippen LogP contribution in [0.3, 0.4) is 0 Å². The van der Waals surface area contributed by atoms with Gasteiger partial charge in [-0.3, -0.25) is 4.79 Å². The highest BCUT2D eigenvalue weighted by atomic mass is 79.9. The molecule has 0 saturated carbocycles. The minimum Gasteiger partial charge on any atom is -0.445 e. The number of rotatable bonds is 5. The summed E-state index contributed by atoms with van der Waals surface area (Å²) in [6, 6.07) is 13.2. The summed E-state index contributed by atoms with van der Waals surface area (Å²) in [5.74, 6) is 4.91. The molecule has 30 heavy (non-hydrogen) atoms. The van der Waals surface area contributed by atoms with Crippen molar-refractivity contribution in [3.63, 3.8) is 0 Å². The second-order valence-electron chi connectivity index (χ2n) is 6.86. The molecule has 0 aliphatic carbocycles. The van der Waals surface area contributed by atoms with Crippen LogP contribution in [-0.4, -0.2) is 50.2 Å². The Bertz CT molecular complexity index is 862. The van der Waals surface area contributed by atoms with Crippen molar-refractivity contribution in [2.24, 2.45) is 0 Å². The SMILES string of the molecule is O=C(CC1=CCN(C(=O)OCc2ccccc2)CC1)Nc1ncccc1Br.[CH3][AlH][CH3]. The lowest BCUT2D eigenvalue weighted by Crippen LogP contribution is -2.35. The minimum absolute atomic E-state index is 0.124. The maximum absolute atomic E-state index is 12.2. The van der Waals surface area contributed by atoms with E-state index in [2.05, 4.69) is 37.8 Å². The summed E-state index contributed by atoms with van der Waals surface area (Å²) in [6.45, 7) is 1.25. The summed E-state index contributed by atoms with van der Waals surface area (Å²) in [6.07, 6.45) is 4.14. The third kappa shape index (κ3) is 8.31. The molecule has 0 bridgehead atoms. The van der Waals surface area contributed by atoms with Gasteiger partial charge in [-0.25, -0.2) is 9.78 Å². The van der Waals surface area contributed by atoms with Crippen LogP contribution in [0.5, 0.6) is 0 Å². The number of benzene rings is 1. The second kappa shape index (κ2) is 13.2. The average molecular weight is 488 g/mol. The van der Waals surface area contributed by atoms with Crippen molar-refractivity contribution < 1.29 is 14.3 Å². The lowest BCUT2D eigenvalue weighted by atomic mass is 10.0. The topological polar surface area (TPSA) is 71.5 Å². The number of pyridine rings is 1. The highest BCUT2D eigenvalue weighted by Crippen LogP contribution is 2.20. The Labute approximate surface area is 192 Å². The number of hydrogen-bond donors (Lipinski definition) is 1.